The van der Waals surface area contributed by atoms with Gasteiger partial charge in [-0.3, -0.25) is 10.3 Å². The molecule has 0 aliphatic heterocycles. The fourth-order valence-electron chi connectivity index (χ4n) is 1.62. The number of nitrogens with zero attached hydrogens (tertiary/aromatic N) is 2. The summed E-state index contributed by atoms with van der Waals surface area (Å²) >= 11 is 0. The van der Waals surface area contributed by atoms with Crippen LogP contribution in [0.15, 0.2) is 48.8 Å². The fourth-order valence-corrected chi connectivity index (χ4v) is 1.62. The van der Waals surface area contributed by atoms with Crippen LogP contribution in [0.2, 0.25) is 0 Å². The highest BCUT2D eigenvalue weighted by Gasteiger charge is 2.09. The normalized spacial score (nSPS) is 11.8. The van der Waals surface area contributed by atoms with Gasteiger partial charge in [0.05, 0.1) is 6.07 Å². The lowest BCUT2D eigenvalue weighted by atomic mass is 10.1. The fraction of sp³-hybridized carbons (Fsp3) is 0.143. The van der Waals surface area contributed by atoms with Crippen LogP contribution in [-0.4, -0.2) is 4.98 Å². The van der Waals surface area contributed by atoms with Crippen molar-refractivity contribution in [2.24, 2.45) is 0 Å². The standard InChI is InChI=1S/C14H12FN3/c15-13-5-3-12(4-6-13)14(8-16)18-10-11-2-1-7-17-9-11/h1-7,9,14,18H,10H2. The molecule has 4 heteroatoms. The molecular weight excluding hydrogens is 229 g/mol. The summed E-state index contributed by atoms with van der Waals surface area (Å²) in [4.78, 5) is 4.00. The van der Waals surface area contributed by atoms with Crippen LogP contribution in [0.4, 0.5) is 4.39 Å². The van der Waals surface area contributed by atoms with Crippen LogP contribution in [0.3, 0.4) is 0 Å². The molecule has 0 fully saturated rings. The van der Waals surface area contributed by atoms with E-state index in [1.807, 2.05) is 12.1 Å². The van der Waals surface area contributed by atoms with Crippen molar-refractivity contribution in [2.75, 3.05) is 0 Å². The quantitative estimate of drug-likeness (QED) is 0.895. The first-order valence-electron chi connectivity index (χ1n) is 5.57. The zero-order valence-electron chi connectivity index (χ0n) is 9.68. The Kier molecular flexibility index (Phi) is 4.00. The number of benzene rings is 1. The van der Waals surface area contributed by atoms with Gasteiger partial charge in [-0.15, -0.1) is 0 Å². The van der Waals surface area contributed by atoms with Gasteiger partial charge in [0.1, 0.15) is 11.9 Å². The predicted molar refractivity (Wildman–Crippen MR) is 65.8 cm³/mol. The minimum Gasteiger partial charge on any atom is -0.294 e. The lowest BCUT2D eigenvalue weighted by molar-refractivity contribution is 0.613. The molecule has 0 bridgehead atoms. The summed E-state index contributed by atoms with van der Waals surface area (Å²) in [6.07, 6.45) is 3.44. The molecule has 1 aromatic carbocycles. The number of nitriles is 1. The van der Waals surface area contributed by atoms with Gasteiger partial charge in [-0.2, -0.15) is 5.26 Å². The number of hydrogen-bond donors (Lipinski definition) is 1. The molecule has 0 amide bonds. The molecule has 0 aliphatic rings. The summed E-state index contributed by atoms with van der Waals surface area (Å²) in [6, 6.07) is 11.4. The van der Waals surface area contributed by atoms with Gasteiger partial charge in [-0.25, -0.2) is 4.39 Å². The van der Waals surface area contributed by atoms with E-state index in [1.165, 1.54) is 12.1 Å². The highest BCUT2D eigenvalue weighted by molar-refractivity contribution is 5.24. The van der Waals surface area contributed by atoms with Gasteiger partial charge in [0.2, 0.25) is 0 Å². The van der Waals surface area contributed by atoms with Crippen LogP contribution >= 0.6 is 0 Å². The van der Waals surface area contributed by atoms with Crippen molar-refractivity contribution in [1.29, 1.82) is 5.26 Å². The molecule has 2 rings (SSSR count). The molecule has 0 radical (unpaired) electrons. The number of rotatable bonds is 4. The Hall–Kier alpha value is -2.25. The first kappa shape index (κ1) is 12.2. The van der Waals surface area contributed by atoms with E-state index in [0.717, 1.165) is 11.1 Å². The van der Waals surface area contributed by atoms with E-state index in [-0.39, 0.29) is 5.82 Å². The number of nitrogens with one attached hydrogen (secondary N) is 1. The lowest BCUT2D eigenvalue weighted by Crippen LogP contribution is -2.19. The summed E-state index contributed by atoms with van der Waals surface area (Å²) in [5, 5.41) is 12.2. The van der Waals surface area contributed by atoms with Gasteiger partial charge in [0.25, 0.3) is 0 Å². The number of hydrogen-bond acceptors (Lipinski definition) is 3. The first-order chi connectivity index (χ1) is 8.79. The van der Waals surface area contributed by atoms with Crippen molar-refractivity contribution in [2.45, 2.75) is 12.6 Å². The number of halogens is 1. The average molecular weight is 241 g/mol. The second-order valence-corrected chi connectivity index (χ2v) is 3.86. The Morgan fingerprint density at radius 2 is 2.06 bits per heavy atom. The summed E-state index contributed by atoms with van der Waals surface area (Å²) in [7, 11) is 0. The molecule has 0 spiro atoms. The van der Waals surface area contributed by atoms with Crippen LogP contribution in [0.1, 0.15) is 17.2 Å². The second-order valence-electron chi connectivity index (χ2n) is 3.86. The Morgan fingerprint density at radius 1 is 1.28 bits per heavy atom. The monoisotopic (exact) mass is 241 g/mol. The molecule has 1 aromatic heterocycles. The third kappa shape index (κ3) is 3.12. The Labute approximate surface area is 105 Å². The van der Waals surface area contributed by atoms with E-state index < -0.39 is 6.04 Å². The van der Waals surface area contributed by atoms with E-state index in [0.29, 0.717) is 6.54 Å². The Balaban J connectivity index is 2.02. The van der Waals surface area contributed by atoms with Crippen molar-refractivity contribution < 1.29 is 4.39 Å². The van der Waals surface area contributed by atoms with Crippen molar-refractivity contribution in [3.05, 3.63) is 65.7 Å². The third-order valence-electron chi connectivity index (χ3n) is 2.57. The molecule has 1 N–H and O–H groups in total. The molecule has 18 heavy (non-hydrogen) atoms. The largest absolute Gasteiger partial charge is 0.294 e. The number of aromatic nitrogens is 1. The van der Waals surface area contributed by atoms with Gasteiger partial charge >= 0.3 is 0 Å². The summed E-state index contributed by atoms with van der Waals surface area (Å²) < 4.78 is 12.8. The highest BCUT2D eigenvalue weighted by atomic mass is 19.1. The van der Waals surface area contributed by atoms with Crippen LogP contribution in [0, 0.1) is 17.1 Å². The highest BCUT2D eigenvalue weighted by Crippen LogP contribution is 2.13. The SMILES string of the molecule is N#CC(NCc1cccnc1)c1ccc(F)cc1. The smallest absolute Gasteiger partial charge is 0.123 e. The van der Waals surface area contributed by atoms with E-state index in [1.54, 1.807) is 24.5 Å². The molecule has 90 valence electrons. The topological polar surface area (TPSA) is 48.7 Å². The molecule has 3 nitrogen and oxygen atoms in total. The molecule has 1 atom stereocenters. The van der Waals surface area contributed by atoms with E-state index >= 15 is 0 Å². The lowest BCUT2D eigenvalue weighted by Gasteiger charge is -2.11. The molecule has 1 unspecified atom stereocenters. The summed E-state index contributed by atoms with van der Waals surface area (Å²) in [5.74, 6) is -0.303. The van der Waals surface area contributed by atoms with Crippen LogP contribution in [-0.2, 0) is 6.54 Å². The maximum absolute atomic E-state index is 12.8. The van der Waals surface area contributed by atoms with Gasteiger partial charge < -0.3 is 0 Å². The van der Waals surface area contributed by atoms with Gasteiger partial charge in [-0.05, 0) is 29.3 Å². The van der Waals surface area contributed by atoms with Crippen molar-refractivity contribution >= 4 is 0 Å². The second kappa shape index (κ2) is 5.89. The van der Waals surface area contributed by atoms with Crippen molar-refractivity contribution in [3.8, 4) is 6.07 Å². The van der Waals surface area contributed by atoms with Crippen molar-refractivity contribution in [1.82, 2.24) is 10.3 Å². The van der Waals surface area contributed by atoms with Crippen molar-refractivity contribution in [3.63, 3.8) is 0 Å². The average Bonchev–Trinajstić information content (AvgIpc) is 2.42. The summed E-state index contributed by atoms with van der Waals surface area (Å²) in [5.41, 5.74) is 1.75. The van der Waals surface area contributed by atoms with Crippen LogP contribution in [0.25, 0.3) is 0 Å². The Bertz CT molecular complexity index is 531. The van der Waals surface area contributed by atoms with Gasteiger partial charge in [-0.1, -0.05) is 18.2 Å². The molecule has 0 saturated heterocycles. The summed E-state index contributed by atoms with van der Waals surface area (Å²) in [6.45, 7) is 0.545. The molecule has 2 aromatic rings. The molecular formula is C14H12FN3. The maximum atomic E-state index is 12.8. The minimum atomic E-state index is -0.453. The minimum absolute atomic E-state index is 0.303. The van der Waals surface area contributed by atoms with Crippen LogP contribution in [0.5, 0.6) is 0 Å². The van der Waals surface area contributed by atoms with E-state index in [2.05, 4.69) is 16.4 Å². The first-order valence-corrected chi connectivity index (χ1v) is 5.57. The van der Waals surface area contributed by atoms with E-state index in [4.69, 9.17) is 5.26 Å². The molecule has 0 aliphatic carbocycles. The molecule has 0 saturated carbocycles. The Morgan fingerprint density at radius 3 is 2.67 bits per heavy atom. The maximum Gasteiger partial charge on any atom is 0.123 e. The molecule has 1 heterocycles. The zero-order valence-corrected chi connectivity index (χ0v) is 9.68. The van der Waals surface area contributed by atoms with E-state index in [9.17, 15) is 4.39 Å². The third-order valence-corrected chi connectivity index (χ3v) is 2.57. The predicted octanol–water partition coefficient (Wildman–Crippen LogP) is 2.58. The van der Waals surface area contributed by atoms with Gasteiger partial charge in [0.15, 0.2) is 0 Å². The zero-order chi connectivity index (χ0) is 12.8. The van der Waals surface area contributed by atoms with Crippen LogP contribution < -0.4 is 5.32 Å². The van der Waals surface area contributed by atoms with Gasteiger partial charge in [0, 0.05) is 18.9 Å². The number of pyridine rings is 1.